The Hall–Kier alpha value is -1.26. The van der Waals surface area contributed by atoms with E-state index in [0.717, 1.165) is 19.3 Å². The van der Waals surface area contributed by atoms with Crippen LogP contribution in [0.2, 0.25) is 0 Å². The SMILES string of the molecule is CC(C)N(C(=O)OC(C)(C)C)C1(C(=O)O)CC2CCC1C2. The second kappa shape index (κ2) is 5.18. The first-order valence-electron chi connectivity index (χ1n) is 7.83. The number of carbonyl (C=O) groups is 2. The van der Waals surface area contributed by atoms with Crippen LogP contribution < -0.4 is 0 Å². The predicted octanol–water partition coefficient (Wildman–Crippen LogP) is 3.28. The Bertz CT molecular complexity index is 440. The van der Waals surface area contributed by atoms with Crippen molar-refractivity contribution < 1.29 is 19.4 Å². The van der Waals surface area contributed by atoms with Crippen LogP contribution in [0, 0.1) is 11.8 Å². The van der Waals surface area contributed by atoms with Crippen LogP contribution in [0.4, 0.5) is 4.79 Å². The number of aliphatic carboxylic acids is 1. The average molecular weight is 297 g/mol. The number of ether oxygens (including phenoxy) is 1. The van der Waals surface area contributed by atoms with Crippen LogP contribution in [-0.4, -0.2) is 39.3 Å². The van der Waals surface area contributed by atoms with Gasteiger partial charge in [0.05, 0.1) is 0 Å². The Balaban J connectivity index is 2.35. The molecule has 0 spiro atoms. The quantitative estimate of drug-likeness (QED) is 0.868. The molecule has 3 unspecified atom stereocenters. The summed E-state index contributed by atoms with van der Waals surface area (Å²) in [5.41, 5.74) is -1.71. The molecule has 0 heterocycles. The van der Waals surface area contributed by atoms with Gasteiger partial charge in [0.1, 0.15) is 11.1 Å². The molecule has 3 atom stereocenters. The Labute approximate surface area is 126 Å². The molecule has 2 fully saturated rings. The summed E-state index contributed by atoms with van der Waals surface area (Å²) in [5, 5.41) is 9.90. The number of hydrogen-bond donors (Lipinski definition) is 1. The van der Waals surface area contributed by atoms with Gasteiger partial charge in [-0.3, -0.25) is 4.90 Å². The molecule has 5 nitrogen and oxygen atoms in total. The van der Waals surface area contributed by atoms with E-state index in [2.05, 4.69) is 0 Å². The van der Waals surface area contributed by atoms with Crippen molar-refractivity contribution in [1.29, 1.82) is 0 Å². The molecule has 1 amide bonds. The number of carboxylic acid groups (broad SMARTS) is 1. The molecular formula is C16H27NO4. The molecule has 21 heavy (non-hydrogen) atoms. The minimum Gasteiger partial charge on any atom is -0.479 e. The second-order valence-electron chi connectivity index (χ2n) is 7.75. The number of carboxylic acids is 1. The highest BCUT2D eigenvalue weighted by Gasteiger charge is 2.61. The van der Waals surface area contributed by atoms with E-state index < -0.39 is 23.2 Å². The van der Waals surface area contributed by atoms with Gasteiger partial charge in [0, 0.05) is 6.04 Å². The summed E-state index contributed by atoms with van der Waals surface area (Å²) >= 11 is 0. The molecule has 2 rings (SSSR count). The topological polar surface area (TPSA) is 66.8 Å². The third-order valence-electron chi connectivity index (χ3n) is 4.72. The van der Waals surface area contributed by atoms with Crippen LogP contribution in [0.1, 0.15) is 60.3 Å². The van der Waals surface area contributed by atoms with E-state index in [-0.39, 0.29) is 12.0 Å². The summed E-state index contributed by atoms with van der Waals surface area (Å²) in [7, 11) is 0. The van der Waals surface area contributed by atoms with Crippen molar-refractivity contribution in [3.8, 4) is 0 Å². The molecule has 0 saturated heterocycles. The van der Waals surface area contributed by atoms with Crippen molar-refractivity contribution in [1.82, 2.24) is 4.90 Å². The lowest BCUT2D eigenvalue weighted by Crippen LogP contribution is -2.63. The van der Waals surface area contributed by atoms with Gasteiger partial charge in [-0.05, 0) is 72.1 Å². The first kappa shape index (κ1) is 16.1. The van der Waals surface area contributed by atoms with E-state index in [1.165, 1.54) is 4.90 Å². The van der Waals surface area contributed by atoms with Crippen LogP contribution >= 0.6 is 0 Å². The molecule has 120 valence electrons. The van der Waals surface area contributed by atoms with Crippen molar-refractivity contribution in [2.24, 2.45) is 11.8 Å². The monoisotopic (exact) mass is 297 g/mol. The lowest BCUT2D eigenvalue weighted by molar-refractivity contribution is -0.157. The Kier molecular flexibility index (Phi) is 3.98. The van der Waals surface area contributed by atoms with E-state index in [1.54, 1.807) is 20.8 Å². The molecule has 1 N–H and O–H groups in total. The minimum absolute atomic E-state index is 0.0509. The summed E-state index contributed by atoms with van der Waals surface area (Å²) in [6.07, 6.45) is 2.94. The zero-order valence-corrected chi connectivity index (χ0v) is 13.7. The molecule has 2 aliphatic carbocycles. The van der Waals surface area contributed by atoms with E-state index in [4.69, 9.17) is 4.74 Å². The standard InChI is InChI=1S/C16H27NO4/c1-10(2)17(14(20)21-15(3,4)5)16(13(18)19)9-11-6-7-12(16)8-11/h10-12H,6-9H2,1-5H3,(H,18,19). The maximum absolute atomic E-state index is 12.6. The van der Waals surface area contributed by atoms with Crippen molar-refractivity contribution >= 4 is 12.1 Å². The first-order chi connectivity index (χ1) is 9.58. The van der Waals surface area contributed by atoms with Gasteiger partial charge in [-0.25, -0.2) is 9.59 Å². The van der Waals surface area contributed by atoms with Crippen LogP contribution in [0.3, 0.4) is 0 Å². The van der Waals surface area contributed by atoms with Crippen LogP contribution in [0.15, 0.2) is 0 Å². The van der Waals surface area contributed by atoms with Gasteiger partial charge in [0.15, 0.2) is 0 Å². The van der Waals surface area contributed by atoms with Crippen LogP contribution in [-0.2, 0) is 9.53 Å². The van der Waals surface area contributed by atoms with Crippen molar-refractivity contribution in [3.05, 3.63) is 0 Å². The summed E-state index contributed by atoms with van der Waals surface area (Å²) in [6.45, 7) is 9.13. The first-order valence-corrected chi connectivity index (χ1v) is 7.83. The number of amides is 1. The second-order valence-corrected chi connectivity index (χ2v) is 7.75. The van der Waals surface area contributed by atoms with Gasteiger partial charge in [-0.2, -0.15) is 0 Å². The maximum atomic E-state index is 12.6. The lowest BCUT2D eigenvalue weighted by atomic mass is 9.79. The number of fused-ring (bicyclic) bond motifs is 2. The van der Waals surface area contributed by atoms with Crippen LogP contribution in [0.5, 0.6) is 0 Å². The Morgan fingerprint density at radius 2 is 1.90 bits per heavy atom. The van der Waals surface area contributed by atoms with Gasteiger partial charge in [-0.1, -0.05) is 0 Å². The van der Waals surface area contributed by atoms with Gasteiger partial charge in [0.25, 0.3) is 0 Å². The number of carbonyl (C=O) groups excluding carboxylic acids is 1. The zero-order valence-electron chi connectivity index (χ0n) is 13.7. The van der Waals surface area contributed by atoms with E-state index in [9.17, 15) is 14.7 Å². The Morgan fingerprint density at radius 1 is 1.29 bits per heavy atom. The summed E-state index contributed by atoms with van der Waals surface area (Å²) < 4.78 is 5.48. The fraction of sp³-hybridized carbons (Fsp3) is 0.875. The number of nitrogens with zero attached hydrogens (tertiary/aromatic N) is 1. The zero-order chi connectivity index (χ0) is 16.0. The lowest BCUT2D eigenvalue weighted by Gasteiger charge is -2.45. The van der Waals surface area contributed by atoms with Gasteiger partial charge in [-0.15, -0.1) is 0 Å². The van der Waals surface area contributed by atoms with Gasteiger partial charge in [0.2, 0.25) is 0 Å². The molecule has 0 aromatic heterocycles. The number of rotatable bonds is 3. The minimum atomic E-state index is -1.08. The maximum Gasteiger partial charge on any atom is 0.411 e. The van der Waals surface area contributed by atoms with Crippen molar-refractivity contribution in [2.45, 2.75) is 77.5 Å². The highest BCUT2D eigenvalue weighted by atomic mass is 16.6. The third kappa shape index (κ3) is 2.74. The summed E-state index contributed by atoms with van der Waals surface area (Å²) in [5.74, 6) is -0.404. The third-order valence-corrected chi connectivity index (χ3v) is 4.72. The molecule has 5 heteroatoms. The van der Waals surface area contributed by atoms with Gasteiger partial charge >= 0.3 is 12.1 Å². The molecule has 2 aliphatic rings. The molecule has 0 aliphatic heterocycles. The van der Waals surface area contributed by atoms with E-state index in [0.29, 0.717) is 12.3 Å². The van der Waals surface area contributed by atoms with Crippen LogP contribution in [0.25, 0.3) is 0 Å². The largest absolute Gasteiger partial charge is 0.479 e. The highest BCUT2D eigenvalue weighted by molar-refractivity contribution is 5.86. The molecule has 0 radical (unpaired) electrons. The van der Waals surface area contributed by atoms with Crippen molar-refractivity contribution in [3.63, 3.8) is 0 Å². The summed E-state index contributed by atoms with van der Waals surface area (Å²) in [6, 6.07) is -0.199. The van der Waals surface area contributed by atoms with Gasteiger partial charge < -0.3 is 9.84 Å². The number of hydrogen-bond acceptors (Lipinski definition) is 3. The smallest absolute Gasteiger partial charge is 0.411 e. The van der Waals surface area contributed by atoms with E-state index >= 15 is 0 Å². The summed E-state index contributed by atoms with van der Waals surface area (Å²) in [4.78, 5) is 26.2. The highest BCUT2D eigenvalue weighted by Crippen LogP contribution is 2.54. The predicted molar refractivity (Wildman–Crippen MR) is 79.0 cm³/mol. The molecule has 2 bridgehead atoms. The molecular weight excluding hydrogens is 270 g/mol. The molecule has 0 aromatic carbocycles. The van der Waals surface area contributed by atoms with E-state index in [1.807, 2.05) is 13.8 Å². The fourth-order valence-corrected chi connectivity index (χ4v) is 4.11. The average Bonchev–Trinajstić information content (AvgIpc) is 2.86. The van der Waals surface area contributed by atoms with Crippen molar-refractivity contribution in [2.75, 3.05) is 0 Å². The fourth-order valence-electron chi connectivity index (χ4n) is 4.11. The normalized spacial score (nSPS) is 31.5. The molecule has 2 saturated carbocycles. The Morgan fingerprint density at radius 3 is 2.24 bits per heavy atom. The molecule has 0 aromatic rings.